The highest BCUT2D eigenvalue weighted by Crippen LogP contribution is 2.26. The number of nitrogens with one attached hydrogen (secondary N) is 3. The summed E-state index contributed by atoms with van der Waals surface area (Å²) in [6, 6.07) is 14.7. The van der Waals surface area contributed by atoms with Crippen LogP contribution in [0.25, 0.3) is 0 Å². The van der Waals surface area contributed by atoms with Gasteiger partial charge in [0, 0.05) is 29.2 Å². The van der Waals surface area contributed by atoms with E-state index < -0.39 is 21.0 Å². The molecule has 0 aliphatic carbocycles. The number of hydrogen-bond acceptors (Lipinski definition) is 5. The maximum absolute atomic E-state index is 12.5. The van der Waals surface area contributed by atoms with Gasteiger partial charge in [-0.05, 0) is 54.6 Å². The molecule has 31 heavy (non-hydrogen) atoms. The predicted molar refractivity (Wildman–Crippen MR) is 119 cm³/mol. The van der Waals surface area contributed by atoms with Crippen molar-refractivity contribution in [3.8, 4) is 0 Å². The highest BCUT2D eigenvalue weighted by Gasteiger charge is 2.16. The lowest BCUT2D eigenvalue weighted by Gasteiger charge is -2.11. The molecule has 0 spiro atoms. The van der Waals surface area contributed by atoms with Gasteiger partial charge in [-0.2, -0.15) is 0 Å². The summed E-state index contributed by atoms with van der Waals surface area (Å²) in [4.78, 5) is 22.1. The molecule has 3 aromatic carbocycles. The van der Waals surface area contributed by atoms with Crippen LogP contribution in [0.5, 0.6) is 0 Å². The van der Waals surface area contributed by atoms with Crippen LogP contribution in [-0.2, 0) is 10.0 Å². The molecule has 0 saturated heterocycles. The van der Waals surface area contributed by atoms with E-state index in [2.05, 4.69) is 15.4 Å². The van der Waals surface area contributed by atoms with E-state index in [1.54, 1.807) is 0 Å². The van der Waals surface area contributed by atoms with Gasteiger partial charge in [-0.25, -0.2) is 13.2 Å². The first-order valence-corrected chi connectivity index (χ1v) is 10.8. The number of rotatable bonds is 6. The molecule has 3 aromatic rings. The highest BCUT2D eigenvalue weighted by atomic mass is 35.5. The predicted octanol–water partition coefficient (Wildman–Crippen LogP) is 5.35. The first-order valence-electron chi connectivity index (χ1n) is 8.54. The van der Waals surface area contributed by atoms with Crippen LogP contribution in [0.4, 0.5) is 27.5 Å². The van der Waals surface area contributed by atoms with E-state index in [-0.39, 0.29) is 26.3 Å². The van der Waals surface area contributed by atoms with Crippen LogP contribution in [0.3, 0.4) is 0 Å². The summed E-state index contributed by atoms with van der Waals surface area (Å²) in [6.45, 7) is 0. The molecule has 0 fully saturated rings. The number of sulfonamides is 1. The second-order valence-electron chi connectivity index (χ2n) is 6.14. The number of amides is 2. The second-order valence-corrected chi connectivity index (χ2v) is 8.64. The third kappa shape index (κ3) is 5.85. The topological polar surface area (TPSA) is 130 Å². The Labute approximate surface area is 187 Å². The summed E-state index contributed by atoms with van der Waals surface area (Å²) < 4.78 is 27.3. The Kier molecular flexibility index (Phi) is 6.64. The lowest BCUT2D eigenvalue weighted by atomic mass is 10.3. The van der Waals surface area contributed by atoms with Gasteiger partial charge in [0.25, 0.3) is 15.7 Å². The summed E-state index contributed by atoms with van der Waals surface area (Å²) >= 11 is 11.7. The normalized spacial score (nSPS) is 10.9. The fourth-order valence-electron chi connectivity index (χ4n) is 2.44. The van der Waals surface area contributed by atoms with Gasteiger partial charge < -0.3 is 10.6 Å². The van der Waals surface area contributed by atoms with Crippen molar-refractivity contribution < 1.29 is 18.1 Å². The van der Waals surface area contributed by atoms with Crippen LogP contribution >= 0.6 is 23.2 Å². The largest absolute Gasteiger partial charge is 0.323 e. The molecule has 0 aliphatic heterocycles. The van der Waals surface area contributed by atoms with Crippen molar-refractivity contribution in [2.45, 2.75) is 4.90 Å². The third-order valence-corrected chi connectivity index (χ3v) is 6.05. The third-order valence-electron chi connectivity index (χ3n) is 3.93. The van der Waals surface area contributed by atoms with Gasteiger partial charge in [0.2, 0.25) is 0 Å². The van der Waals surface area contributed by atoms with E-state index in [9.17, 15) is 23.3 Å². The Hall–Kier alpha value is -3.34. The number of non-ortho nitro benzene ring substituents is 1. The molecule has 3 rings (SSSR count). The maximum atomic E-state index is 12.5. The van der Waals surface area contributed by atoms with Gasteiger partial charge in [-0.3, -0.25) is 14.8 Å². The molecule has 0 radical (unpaired) electrons. The highest BCUT2D eigenvalue weighted by molar-refractivity contribution is 7.92. The number of halogens is 2. The zero-order valence-corrected chi connectivity index (χ0v) is 17.8. The summed E-state index contributed by atoms with van der Waals surface area (Å²) in [7, 11) is -3.88. The van der Waals surface area contributed by atoms with Crippen molar-refractivity contribution >= 4 is 62.0 Å². The molecule has 0 atom stereocenters. The average molecular weight is 481 g/mol. The van der Waals surface area contributed by atoms with E-state index in [0.717, 1.165) is 0 Å². The SMILES string of the molecule is O=C(Nc1ccc(NS(=O)(=O)c2ccc(Cl)c(Cl)c2)cc1)Nc1ccc([N+](=O)[O-])cc1. The lowest BCUT2D eigenvalue weighted by Crippen LogP contribution is -2.19. The Morgan fingerprint density at radius 3 is 1.84 bits per heavy atom. The van der Waals surface area contributed by atoms with Crippen LogP contribution in [0.1, 0.15) is 0 Å². The minimum Gasteiger partial charge on any atom is -0.308 e. The molecule has 0 saturated carbocycles. The lowest BCUT2D eigenvalue weighted by molar-refractivity contribution is -0.384. The number of anilines is 3. The first kappa shape index (κ1) is 22.3. The minimum atomic E-state index is -3.88. The van der Waals surface area contributed by atoms with Gasteiger partial charge >= 0.3 is 6.03 Å². The van der Waals surface area contributed by atoms with E-state index >= 15 is 0 Å². The fraction of sp³-hybridized carbons (Fsp3) is 0. The van der Waals surface area contributed by atoms with Gasteiger partial charge in [0.15, 0.2) is 0 Å². The van der Waals surface area contributed by atoms with E-state index in [0.29, 0.717) is 11.4 Å². The van der Waals surface area contributed by atoms with Crippen LogP contribution in [0.15, 0.2) is 71.6 Å². The number of nitrogens with zero attached hydrogens (tertiary/aromatic N) is 1. The number of carbonyl (C=O) groups is 1. The van der Waals surface area contributed by atoms with Gasteiger partial charge in [0.05, 0.1) is 19.9 Å². The van der Waals surface area contributed by atoms with Crippen molar-refractivity contribution in [3.63, 3.8) is 0 Å². The zero-order chi connectivity index (χ0) is 22.6. The van der Waals surface area contributed by atoms with Crippen molar-refractivity contribution in [2.75, 3.05) is 15.4 Å². The molecule has 160 valence electrons. The van der Waals surface area contributed by atoms with Crippen LogP contribution in [-0.4, -0.2) is 19.4 Å². The van der Waals surface area contributed by atoms with Crippen molar-refractivity contribution in [2.24, 2.45) is 0 Å². The summed E-state index contributed by atoms with van der Waals surface area (Å²) in [5.74, 6) is 0. The quantitative estimate of drug-likeness (QED) is 0.323. The van der Waals surface area contributed by atoms with Crippen molar-refractivity contribution in [1.82, 2.24) is 0 Å². The van der Waals surface area contributed by atoms with E-state index in [1.165, 1.54) is 66.7 Å². The summed E-state index contributed by atoms with van der Waals surface area (Å²) in [5.41, 5.74) is 0.947. The van der Waals surface area contributed by atoms with Gasteiger partial charge in [0.1, 0.15) is 0 Å². The molecular weight excluding hydrogens is 467 g/mol. The standard InChI is InChI=1S/C19H14Cl2N4O5S/c20-17-10-9-16(11-18(17)21)31(29,30)24-14-3-1-12(2-4-14)22-19(26)23-13-5-7-15(8-6-13)25(27)28/h1-11,24H,(H2,22,23,26). The second kappa shape index (κ2) is 9.21. The zero-order valence-electron chi connectivity index (χ0n) is 15.5. The van der Waals surface area contributed by atoms with Crippen LogP contribution in [0, 0.1) is 10.1 Å². The Morgan fingerprint density at radius 1 is 0.806 bits per heavy atom. The molecule has 0 bridgehead atoms. The van der Waals surface area contributed by atoms with Crippen LogP contribution < -0.4 is 15.4 Å². The number of carbonyl (C=O) groups excluding carboxylic acids is 1. The van der Waals surface area contributed by atoms with Crippen molar-refractivity contribution in [3.05, 3.63) is 86.9 Å². The number of nitro benzene ring substituents is 1. The van der Waals surface area contributed by atoms with E-state index in [4.69, 9.17) is 23.2 Å². The summed E-state index contributed by atoms with van der Waals surface area (Å²) in [5, 5.41) is 16.1. The van der Waals surface area contributed by atoms with E-state index in [1.807, 2.05) is 0 Å². The molecule has 0 aromatic heterocycles. The minimum absolute atomic E-state index is 0.0495. The molecule has 0 unspecified atom stereocenters. The first-order chi connectivity index (χ1) is 14.6. The smallest absolute Gasteiger partial charge is 0.308 e. The monoisotopic (exact) mass is 480 g/mol. The van der Waals surface area contributed by atoms with Crippen LogP contribution in [0.2, 0.25) is 10.0 Å². The number of urea groups is 1. The maximum Gasteiger partial charge on any atom is 0.323 e. The average Bonchev–Trinajstić information content (AvgIpc) is 2.71. The molecule has 0 heterocycles. The molecule has 9 nitrogen and oxygen atoms in total. The molecule has 2 amide bonds. The number of nitro groups is 1. The number of hydrogen-bond donors (Lipinski definition) is 3. The Morgan fingerprint density at radius 2 is 1.32 bits per heavy atom. The van der Waals surface area contributed by atoms with Gasteiger partial charge in [-0.15, -0.1) is 0 Å². The Balaban J connectivity index is 1.62. The van der Waals surface area contributed by atoms with Gasteiger partial charge in [-0.1, -0.05) is 23.2 Å². The fourth-order valence-corrected chi connectivity index (χ4v) is 3.89. The molecular formula is C19H14Cl2N4O5S. The molecule has 0 aliphatic rings. The molecule has 12 heteroatoms. The summed E-state index contributed by atoms with van der Waals surface area (Å²) in [6.07, 6.45) is 0. The van der Waals surface area contributed by atoms with Crippen molar-refractivity contribution in [1.29, 1.82) is 0 Å². The molecule has 3 N–H and O–H groups in total. The Bertz CT molecular complexity index is 1230. The number of benzene rings is 3.